The highest BCUT2D eigenvalue weighted by Gasteiger charge is 2.17. The first kappa shape index (κ1) is 10.7. The number of Topliss-reactive ketones (excluding diaryl/α,β-unsaturated/α-hetero) is 1. The van der Waals surface area contributed by atoms with Gasteiger partial charge in [-0.3, -0.25) is 4.79 Å². The van der Waals surface area contributed by atoms with Gasteiger partial charge in [0.25, 0.3) is 0 Å². The maximum absolute atomic E-state index is 11.3. The van der Waals surface area contributed by atoms with E-state index < -0.39 is 0 Å². The molecule has 0 aromatic heterocycles. The zero-order chi connectivity index (χ0) is 9.68. The molecule has 0 N–H and O–H groups in total. The molecule has 1 fully saturated rings. The third kappa shape index (κ3) is 4.44. The summed E-state index contributed by atoms with van der Waals surface area (Å²) in [6.45, 7) is 4.52. The number of carbonyl (C=O) groups excluding carboxylic acids is 1. The van der Waals surface area contributed by atoms with Crippen LogP contribution in [0.15, 0.2) is 0 Å². The molecule has 1 unspecified atom stereocenters. The van der Waals surface area contributed by atoms with E-state index in [-0.39, 0.29) is 0 Å². The van der Waals surface area contributed by atoms with Crippen LogP contribution < -0.4 is 0 Å². The van der Waals surface area contributed by atoms with Gasteiger partial charge in [-0.1, -0.05) is 33.1 Å². The summed E-state index contributed by atoms with van der Waals surface area (Å²) in [4.78, 5) is 11.3. The second-order valence-electron chi connectivity index (χ2n) is 4.83. The molecular weight excluding hydrogens is 160 g/mol. The van der Waals surface area contributed by atoms with Crippen LogP contribution in [0, 0.1) is 11.8 Å². The van der Waals surface area contributed by atoms with Crippen molar-refractivity contribution >= 4 is 5.78 Å². The number of hydrogen-bond donors (Lipinski definition) is 0. The highest BCUT2D eigenvalue weighted by molar-refractivity contribution is 5.78. The Kier molecular flexibility index (Phi) is 4.47. The van der Waals surface area contributed by atoms with Crippen LogP contribution in [0.2, 0.25) is 0 Å². The predicted octanol–water partition coefficient (Wildman–Crippen LogP) is 3.57. The molecule has 0 radical (unpaired) electrons. The first-order valence-electron chi connectivity index (χ1n) is 5.70. The molecule has 0 aliphatic heterocycles. The van der Waals surface area contributed by atoms with Crippen molar-refractivity contribution in [3.05, 3.63) is 0 Å². The Bertz CT molecular complexity index is 161. The summed E-state index contributed by atoms with van der Waals surface area (Å²) in [6.07, 6.45) is 7.97. The fraction of sp³-hybridized carbons (Fsp3) is 0.917. The standard InChI is InChI=1S/C12H22O/c1-10(2)7-8-11-5-3-4-6-12(13)9-11/h10-11H,3-9H2,1-2H3. The summed E-state index contributed by atoms with van der Waals surface area (Å²) < 4.78 is 0. The van der Waals surface area contributed by atoms with Gasteiger partial charge in [0.2, 0.25) is 0 Å². The molecule has 0 heterocycles. The maximum Gasteiger partial charge on any atom is 0.133 e. The summed E-state index contributed by atoms with van der Waals surface area (Å²) in [7, 11) is 0. The van der Waals surface area contributed by atoms with E-state index in [9.17, 15) is 4.79 Å². The van der Waals surface area contributed by atoms with E-state index in [1.54, 1.807) is 0 Å². The molecule has 1 saturated carbocycles. The van der Waals surface area contributed by atoms with Crippen molar-refractivity contribution in [3.8, 4) is 0 Å². The Hall–Kier alpha value is -0.330. The molecule has 1 nitrogen and oxygen atoms in total. The Balaban J connectivity index is 2.26. The highest BCUT2D eigenvalue weighted by Crippen LogP contribution is 2.25. The zero-order valence-corrected chi connectivity index (χ0v) is 9.01. The summed E-state index contributed by atoms with van der Waals surface area (Å²) in [6, 6.07) is 0. The average molecular weight is 182 g/mol. The summed E-state index contributed by atoms with van der Waals surface area (Å²) in [5, 5.41) is 0. The van der Waals surface area contributed by atoms with Crippen molar-refractivity contribution in [1.29, 1.82) is 0 Å². The second-order valence-corrected chi connectivity index (χ2v) is 4.83. The third-order valence-corrected chi connectivity index (χ3v) is 2.99. The normalized spacial score (nSPS) is 24.8. The lowest BCUT2D eigenvalue weighted by molar-refractivity contribution is -0.119. The lowest BCUT2D eigenvalue weighted by Crippen LogP contribution is -2.06. The highest BCUT2D eigenvalue weighted by atomic mass is 16.1. The molecule has 0 spiro atoms. The molecule has 1 heteroatoms. The van der Waals surface area contributed by atoms with Crippen molar-refractivity contribution in [3.63, 3.8) is 0 Å². The van der Waals surface area contributed by atoms with Crippen molar-refractivity contribution in [2.75, 3.05) is 0 Å². The minimum atomic E-state index is 0.506. The molecule has 13 heavy (non-hydrogen) atoms. The Labute approximate surface area is 81.9 Å². The van der Waals surface area contributed by atoms with Gasteiger partial charge in [-0.25, -0.2) is 0 Å². The van der Waals surface area contributed by atoms with Crippen molar-refractivity contribution in [1.82, 2.24) is 0 Å². The molecule has 1 aliphatic carbocycles. The van der Waals surface area contributed by atoms with Crippen LogP contribution in [0.3, 0.4) is 0 Å². The number of rotatable bonds is 3. The molecule has 1 aliphatic rings. The van der Waals surface area contributed by atoms with Crippen LogP contribution in [0.4, 0.5) is 0 Å². The zero-order valence-electron chi connectivity index (χ0n) is 9.01. The quantitative estimate of drug-likeness (QED) is 0.610. The molecule has 0 aromatic carbocycles. The molecule has 1 atom stereocenters. The SMILES string of the molecule is CC(C)CCC1CCCCC(=O)C1. The van der Waals surface area contributed by atoms with Crippen LogP contribution in [0.1, 0.15) is 58.8 Å². The smallest absolute Gasteiger partial charge is 0.133 e. The van der Waals surface area contributed by atoms with E-state index in [0.717, 1.165) is 25.2 Å². The van der Waals surface area contributed by atoms with E-state index in [0.29, 0.717) is 11.7 Å². The molecule has 0 aromatic rings. The van der Waals surface area contributed by atoms with E-state index in [1.165, 1.54) is 25.7 Å². The molecule has 76 valence electrons. The summed E-state index contributed by atoms with van der Waals surface area (Å²) in [5.74, 6) is 2.00. The van der Waals surface area contributed by atoms with Gasteiger partial charge in [0, 0.05) is 12.8 Å². The summed E-state index contributed by atoms with van der Waals surface area (Å²) in [5.41, 5.74) is 0. The molecule has 0 saturated heterocycles. The van der Waals surface area contributed by atoms with E-state index in [4.69, 9.17) is 0 Å². The van der Waals surface area contributed by atoms with Gasteiger partial charge >= 0.3 is 0 Å². The molecule has 0 amide bonds. The van der Waals surface area contributed by atoms with Crippen LogP contribution in [0.25, 0.3) is 0 Å². The fourth-order valence-corrected chi connectivity index (χ4v) is 2.10. The number of hydrogen-bond acceptors (Lipinski definition) is 1. The average Bonchev–Trinajstić information content (AvgIpc) is 2.26. The van der Waals surface area contributed by atoms with Gasteiger partial charge in [-0.15, -0.1) is 0 Å². The number of ketones is 1. The van der Waals surface area contributed by atoms with Gasteiger partial charge in [0.15, 0.2) is 0 Å². The molecular formula is C12H22O. The maximum atomic E-state index is 11.3. The van der Waals surface area contributed by atoms with Crippen molar-refractivity contribution < 1.29 is 4.79 Å². The first-order valence-corrected chi connectivity index (χ1v) is 5.70. The van der Waals surface area contributed by atoms with Gasteiger partial charge in [0.05, 0.1) is 0 Å². The van der Waals surface area contributed by atoms with Crippen molar-refractivity contribution in [2.24, 2.45) is 11.8 Å². The van der Waals surface area contributed by atoms with Crippen LogP contribution in [-0.4, -0.2) is 5.78 Å². The Morgan fingerprint density at radius 2 is 2.15 bits per heavy atom. The van der Waals surface area contributed by atoms with Crippen LogP contribution >= 0.6 is 0 Å². The Morgan fingerprint density at radius 3 is 2.85 bits per heavy atom. The van der Waals surface area contributed by atoms with Crippen LogP contribution in [-0.2, 0) is 4.79 Å². The first-order chi connectivity index (χ1) is 6.18. The fourth-order valence-electron chi connectivity index (χ4n) is 2.10. The Morgan fingerprint density at radius 1 is 1.38 bits per heavy atom. The topological polar surface area (TPSA) is 17.1 Å². The minimum absolute atomic E-state index is 0.506. The van der Waals surface area contributed by atoms with Crippen LogP contribution in [0.5, 0.6) is 0 Å². The lowest BCUT2D eigenvalue weighted by atomic mass is 9.91. The van der Waals surface area contributed by atoms with Gasteiger partial charge in [-0.05, 0) is 24.7 Å². The third-order valence-electron chi connectivity index (χ3n) is 2.99. The lowest BCUT2D eigenvalue weighted by Gasteiger charge is -2.14. The largest absolute Gasteiger partial charge is 0.300 e. The monoisotopic (exact) mass is 182 g/mol. The van der Waals surface area contributed by atoms with Crippen molar-refractivity contribution in [2.45, 2.75) is 58.8 Å². The molecule has 0 bridgehead atoms. The second kappa shape index (κ2) is 5.41. The van der Waals surface area contributed by atoms with Gasteiger partial charge < -0.3 is 0 Å². The van der Waals surface area contributed by atoms with Gasteiger partial charge in [-0.2, -0.15) is 0 Å². The minimum Gasteiger partial charge on any atom is -0.300 e. The van der Waals surface area contributed by atoms with E-state index >= 15 is 0 Å². The molecule has 1 rings (SSSR count). The summed E-state index contributed by atoms with van der Waals surface area (Å²) >= 11 is 0. The van der Waals surface area contributed by atoms with E-state index in [1.807, 2.05) is 0 Å². The number of carbonyl (C=O) groups is 1. The predicted molar refractivity (Wildman–Crippen MR) is 55.7 cm³/mol. The van der Waals surface area contributed by atoms with Gasteiger partial charge in [0.1, 0.15) is 5.78 Å². The van der Waals surface area contributed by atoms with E-state index in [2.05, 4.69) is 13.8 Å².